The van der Waals surface area contributed by atoms with Crippen molar-refractivity contribution in [3.63, 3.8) is 0 Å². The molecule has 142 valence electrons. The van der Waals surface area contributed by atoms with E-state index < -0.39 is 0 Å². The number of fused-ring (bicyclic) bond motifs is 2. The maximum atomic E-state index is 12.3. The lowest BCUT2D eigenvalue weighted by atomic mass is 10.0. The van der Waals surface area contributed by atoms with Gasteiger partial charge in [0.15, 0.2) is 0 Å². The molecule has 2 fully saturated rings. The van der Waals surface area contributed by atoms with E-state index in [0.29, 0.717) is 30.3 Å². The van der Waals surface area contributed by atoms with Crippen molar-refractivity contribution in [3.8, 4) is 5.75 Å². The summed E-state index contributed by atoms with van der Waals surface area (Å²) >= 11 is 3.39. The first-order chi connectivity index (χ1) is 13.1. The highest BCUT2D eigenvalue weighted by molar-refractivity contribution is 9.10. The molecule has 2 unspecified atom stereocenters. The lowest BCUT2D eigenvalue weighted by Gasteiger charge is -2.36. The summed E-state index contributed by atoms with van der Waals surface area (Å²) in [6, 6.07) is 16.8. The second-order valence-corrected chi connectivity index (χ2v) is 8.51. The Morgan fingerprint density at radius 3 is 2.56 bits per heavy atom. The summed E-state index contributed by atoms with van der Waals surface area (Å²) in [5.74, 6) is 0.833. The van der Waals surface area contributed by atoms with Crippen LogP contribution in [0.3, 0.4) is 0 Å². The Morgan fingerprint density at radius 2 is 1.85 bits per heavy atom. The molecule has 1 N–H and O–H groups in total. The molecule has 2 saturated heterocycles. The molecule has 4 rings (SSSR count). The number of carbonyl (C=O) groups is 1. The zero-order valence-corrected chi connectivity index (χ0v) is 17.1. The molecule has 27 heavy (non-hydrogen) atoms. The van der Waals surface area contributed by atoms with E-state index in [2.05, 4.69) is 33.2 Å². The van der Waals surface area contributed by atoms with Gasteiger partial charge in [-0.2, -0.15) is 0 Å². The van der Waals surface area contributed by atoms with Crippen molar-refractivity contribution >= 4 is 21.8 Å². The number of halogens is 1. The van der Waals surface area contributed by atoms with Gasteiger partial charge in [0.25, 0.3) is 5.91 Å². The average Bonchev–Trinajstić information content (AvgIpc) is 2.88. The van der Waals surface area contributed by atoms with Crippen LogP contribution in [0, 0.1) is 0 Å². The van der Waals surface area contributed by atoms with Crippen LogP contribution in [0.25, 0.3) is 0 Å². The van der Waals surface area contributed by atoms with E-state index in [9.17, 15) is 4.79 Å². The molecule has 2 aliphatic heterocycles. The van der Waals surface area contributed by atoms with Gasteiger partial charge in [0.1, 0.15) is 11.9 Å². The van der Waals surface area contributed by atoms with Crippen LogP contribution in [-0.2, 0) is 6.54 Å². The number of nitrogens with zero attached hydrogens (tertiary/aromatic N) is 1. The van der Waals surface area contributed by atoms with Gasteiger partial charge >= 0.3 is 0 Å². The van der Waals surface area contributed by atoms with Crippen LogP contribution in [0.1, 0.15) is 41.6 Å². The number of nitrogens with one attached hydrogen (secondary N) is 1. The maximum absolute atomic E-state index is 12.3. The third-order valence-electron chi connectivity index (χ3n) is 5.82. The Labute approximate surface area is 169 Å². The van der Waals surface area contributed by atoms with E-state index in [1.807, 2.05) is 48.5 Å². The van der Waals surface area contributed by atoms with Crippen molar-refractivity contribution in [2.24, 2.45) is 0 Å². The van der Waals surface area contributed by atoms with Crippen LogP contribution in [0.5, 0.6) is 5.75 Å². The third-order valence-corrected chi connectivity index (χ3v) is 6.34. The van der Waals surface area contributed by atoms with Gasteiger partial charge in [0.05, 0.1) is 0 Å². The second-order valence-electron chi connectivity index (χ2n) is 7.60. The zero-order valence-electron chi connectivity index (χ0n) is 15.5. The van der Waals surface area contributed by atoms with Gasteiger partial charge in [-0.3, -0.25) is 4.79 Å². The molecular formula is C22H25BrN2O2. The number of amides is 1. The summed E-state index contributed by atoms with van der Waals surface area (Å²) in [6.07, 6.45) is 5.10. The number of carbonyl (C=O) groups excluding carboxylic acids is 1. The molecule has 2 heterocycles. The van der Waals surface area contributed by atoms with Crippen molar-refractivity contribution in [2.75, 3.05) is 7.05 Å². The van der Waals surface area contributed by atoms with E-state index in [0.717, 1.165) is 28.6 Å². The normalized spacial score (nSPS) is 24.6. The smallest absolute Gasteiger partial charge is 0.251 e. The lowest BCUT2D eigenvalue weighted by molar-refractivity contribution is 0.0661. The van der Waals surface area contributed by atoms with Gasteiger partial charge in [0, 0.05) is 28.7 Å². The molecule has 0 aliphatic carbocycles. The Kier molecular flexibility index (Phi) is 5.50. The number of benzene rings is 2. The fourth-order valence-corrected chi connectivity index (χ4v) is 4.53. The summed E-state index contributed by atoms with van der Waals surface area (Å²) < 4.78 is 7.25. The van der Waals surface area contributed by atoms with Crippen LogP contribution in [0.4, 0.5) is 0 Å². The van der Waals surface area contributed by atoms with Crippen LogP contribution in [0.2, 0.25) is 0 Å². The largest absolute Gasteiger partial charge is 0.490 e. The maximum Gasteiger partial charge on any atom is 0.251 e. The molecule has 2 aromatic carbocycles. The van der Waals surface area contributed by atoms with E-state index in [1.54, 1.807) is 0 Å². The van der Waals surface area contributed by atoms with Gasteiger partial charge in [-0.1, -0.05) is 28.1 Å². The van der Waals surface area contributed by atoms with Crippen LogP contribution >= 0.6 is 15.9 Å². The molecular weight excluding hydrogens is 404 g/mol. The minimum atomic E-state index is -0.0688. The monoisotopic (exact) mass is 428 g/mol. The highest BCUT2D eigenvalue weighted by Crippen LogP contribution is 2.36. The fraction of sp³-hybridized carbons (Fsp3) is 0.409. The average molecular weight is 429 g/mol. The van der Waals surface area contributed by atoms with Gasteiger partial charge in [-0.15, -0.1) is 0 Å². The minimum Gasteiger partial charge on any atom is -0.490 e. The topological polar surface area (TPSA) is 41.6 Å². The molecule has 5 heteroatoms. The lowest BCUT2D eigenvalue weighted by Crippen LogP contribution is -2.43. The van der Waals surface area contributed by atoms with Crippen LogP contribution < -0.4 is 10.1 Å². The first kappa shape index (κ1) is 18.5. The molecule has 2 atom stereocenters. The predicted molar refractivity (Wildman–Crippen MR) is 110 cm³/mol. The molecule has 2 aliphatic rings. The molecule has 1 amide bonds. The zero-order chi connectivity index (χ0) is 18.8. The van der Waals surface area contributed by atoms with Crippen LogP contribution in [0.15, 0.2) is 53.0 Å². The SMILES string of the molecule is CN1C2CCC1CC(Oc1cccc(CNC(=O)c3ccc(Br)cc3)c1)C2. The first-order valence-corrected chi connectivity index (χ1v) is 10.4. The molecule has 4 nitrogen and oxygen atoms in total. The summed E-state index contributed by atoms with van der Waals surface area (Å²) in [7, 11) is 2.24. The van der Waals surface area contributed by atoms with Crippen molar-refractivity contribution in [1.82, 2.24) is 10.2 Å². The Bertz CT molecular complexity index is 794. The number of ether oxygens (including phenoxy) is 1. The van der Waals surface area contributed by atoms with E-state index in [1.165, 1.54) is 12.8 Å². The molecule has 2 aromatic rings. The molecule has 0 radical (unpaired) electrons. The van der Waals surface area contributed by atoms with Crippen molar-refractivity contribution in [1.29, 1.82) is 0 Å². The summed E-state index contributed by atoms with van der Waals surface area (Å²) in [6.45, 7) is 0.491. The Balaban J connectivity index is 1.34. The number of rotatable bonds is 5. The fourth-order valence-electron chi connectivity index (χ4n) is 4.26. The predicted octanol–water partition coefficient (Wildman–Crippen LogP) is 4.38. The van der Waals surface area contributed by atoms with E-state index in [-0.39, 0.29) is 5.91 Å². The summed E-state index contributed by atoms with van der Waals surface area (Å²) in [4.78, 5) is 14.8. The quantitative estimate of drug-likeness (QED) is 0.767. The number of piperidine rings is 1. The molecule has 2 bridgehead atoms. The van der Waals surface area contributed by atoms with Gasteiger partial charge in [-0.05, 0) is 74.7 Å². The van der Waals surface area contributed by atoms with E-state index >= 15 is 0 Å². The van der Waals surface area contributed by atoms with Crippen molar-refractivity contribution in [3.05, 3.63) is 64.1 Å². The molecule has 0 spiro atoms. The summed E-state index contributed by atoms with van der Waals surface area (Å²) in [5.41, 5.74) is 1.71. The van der Waals surface area contributed by atoms with Crippen molar-refractivity contribution in [2.45, 2.75) is 50.4 Å². The second kappa shape index (κ2) is 8.03. The Morgan fingerprint density at radius 1 is 1.15 bits per heavy atom. The molecule has 0 saturated carbocycles. The van der Waals surface area contributed by atoms with Gasteiger partial charge in [-0.25, -0.2) is 0 Å². The van der Waals surface area contributed by atoms with Gasteiger partial charge < -0.3 is 15.0 Å². The van der Waals surface area contributed by atoms with Crippen molar-refractivity contribution < 1.29 is 9.53 Å². The number of hydrogen-bond acceptors (Lipinski definition) is 3. The van der Waals surface area contributed by atoms with Gasteiger partial charge in [0.2, 0.25) is 0 Å². The third kappa shape index (κ3) is 4.36. The minimum absolute atomic E-state index is 0.0688. The van der Waals surface area contributed by atoms with E-state index in [4.69, 9.17) is 4.74 Å². The standard InChI is InChI=1S/C22H25BrN2O2/c1-25-18-9-10-19(25)13-21(12-18)27-20-4-2-3-15(11-20)14-24-22(26)16-5-7-17(23)8-6-16/h2-8,11,18-19,21H,9-10,12-14H2,1H3,(H,24,26). The Hall–Kier alpha value is -1.85. The highest BCUT2D eigenvalue weighted by Gasteiger charge is 2.39. The first-order valence-electron chi connectivity index (χ1n) is 9.60. The van der Waals surface area contributed by atoms with Crippen LogP contribution in [-0.4, -0.2) is 36.0 Å². The summed E-state index contributed by atoms with van der Waals surface area (Å²) in [5, 5.41) is 2.98. The highest BCUT2D eigenvalue weighted by atomic mass is 79.9. The number of hydrogen-bond donors (Lipinski definition) is 1. The molecule has 0 aromatic heterocycles.